The molecule has 1 atom stereocenters. The van der Waals surface area contributed by atoms with E-state index >= 15 is 0 Å². The van der Waals surface area contributed by atoms with Gasteiger partial charge in [-0.2, -0.15) is 0 Å². The fourth-order valence-corrected chi connectivity index (χ4v) is 4.32. The number of hydrogen-bond donors (Lipinski definition) is 0. The number of rotatable bonds is 5. The topological polar surface area (TPSA) is 73.1 Å². The fraction of sp³-hybridized carbons (Fsp3) is 0.867. The Morgan fingerprint density at radius 3 is 2.61 bits per heavy atom. The lowest BCUT2D eigenvalue weighted by atomic mass is 10.1. The molecule has 0 spiro atoms. The predicted octanol–water partition coefficient (Wildman–Crippen LogP) is 1.76. The predicted molar refractivity (Wildman–Crippen MR) is 87.2 cm³/mol. The quantitative estimate of drug-likeness (QED) is 0.761. The summed E-state index contributed by atoms with van der Waals surface area (Å²) in [5.74, 6) is 0.401. The molecule has 0 bridgehead atoms. The Balaban J connectivity index is 1.72. The first-order valence-corrected chi connectivity index (χ1v) is 9.36. The number of ether oxygens (including phenoxy) is 1. The van der Waals surface area contributed by atoms with Crippen molar-refractivity contribution in [3.8, 4) is 0 Å². The van der Waals surface area contributed by atoms with E-state index in [-0.39, 0.29) is 17.1 Å². The Labute approximate surface area is 141 Å². The van der Waals surface area contributed by atoms with Crippen LogP contribution in [0.1, 0.15) is 45.6 Å². The summed E-state index contributed by atoms with van der Waals surface area (Å²) in [6.45, 7) is 6.77. The second-order valence-electron chi connectivity index (χ2n) is 6.56. The van der Waals surface area contributed by atoms with Crippen LogP contribution >= 0.6 is 11.8 Å². The van der Waals surface area contributed by atoms with Crippen molar-refractivity contribution >= 4 is 17.7 Å². The first-order valence-electron chi connectivity index (χ1n) is 8.48. The molecule has 0 N–H and O–H groups in total. The van der Waals surface area contributed by atoms with Crippen LogP contribution in [-0.4, -0.2) is 62.6 Å². The molecule has 7 nitrogen and oxygen atoms in total. The van der Waals surface area contributed by atoms with Crippen LogP contribution < -0.4 is 0 Å². The molecule has 3 rings (SSSR count). The molecule has 23 heavy (non-hydrogen) atoms. The average molecular weight is 339 g/mol. The zero-order valence-corrected chi connectivity index (χ0v) is 14.7. The van der Waals surface area contributed by atoms with Crippen LogP contribution in [0.4, 0.5) is 0 Å². The molecule has 0 aromatic carbocycles. The minimum atomic E-state index is -0.153. The minimum Gasteiger partial charge on any atom is -0.378 e. The number of thioether (sulfide) groups is 1. The van der Waals surface area contributed by atoms with Crippen LogP contribution in [0, 0.1) is 5.92 Å². The summed E-state index contributed by atoms with van der Waals surface area (Å²) in [6, 6.07) is 0.388. The second kappa shape index (κ2) is 7.61. The maximum Gasteiger partial charge on any atom is 0.236 e. The molecule has 2 fully saturated rings. The molecule has 1 saturated carbocycles. The lowest BCUT2D eigenvalue weighted by molar-refractivity contribution is -0.135. The fourth-order valence-electron chi connectivity index (χ4n) is 3.19. The van der Waals surface area contributed by atoms with Gasteiger partial charge >= 0.3 is 0 Å². The molecule has 1 aromatic rings. The summed E-state index contributed by atoms with van der Waals surface area (Å²) >= 11 is 1.51. The molecular weight excluding hydrogens is 314 g/mol. The zero-order valence-electron chi connectivity index (χ0n) is 13.8. The monoisotopic (exact) mass is 339 g/mol. The largest absolute Gasteiger partial charge is 0.378 e. The summed E-state index contributed by atoms with van der Waals surface area (Å²) < 4.78 is 7.28. The van der Waals surface area contributed by atoms with E-state index in [9.17, 15) is 4.79 Å². The van der Waals surface area contributed by atoms with Crippen molar-refractivity contribution in [2.24, 2.45) is 5.92 Å². The average Bonchev–Trinajstić information content (AvgIpc) is 3.23. The van der Waals surface area contributed by atoms with E-state index in [1.807, 2.05) is 9.58 Å². The van der Waals surface area contributed by atoms with Crippen molar-refractivity contribution in [2.45, 2.75) is 56.0 Å². The number of carbonyl (C=O) groups excluding carboxylic acids is 1. The van der Waals surface area contributed by atoms with Crippen molar-refractivity contribution in [1.29, 1.82) is 0 Å². The van der Waals surface area contributed by atoms with Crippen molar-refractivity contribution in [3.63, 3.8) is 0 Å². The van der Waals surface area contributed by atoms with E-state index in [1.165, 1.54) is 24.6 Å². The minimum absolute atomic E-state index is 0.153. The second-order valence-corrected chi connectivity index (χ2v) is 7.67. The van der Waals surface area contributed by atoms with Gasteiger partial charge in [0.25, 0.3) is 0 Å². The van der Waals surface area contributed by atoms with E-state index < -0.39 is 0 Å². The molecule has 8 heteroatoms. The van der Waals surface area contributed by atoms with E-state index in [4.69, 9.17) is 4.74 Å². The van der Waals surface area contributed by atoms with Gasteiger partial charge in [-0.1, -0.05) is 38.5 Å². The molecule has 1 saturated heterocycles. The van der Waals surface area contributed by atoms with Crippen LogP contribution in [0.5, 0.6) is 0 Å². The zero-order chi connectivity index (χ0) is 16.2. The van der Waals surface area contributed by atoms with E-state index in [0.29, 0.717) is 32.3 Å². The number of tetrazole rings is 1. The van der Waals surface area contributed by atoms with Gasteiger partial charge in [-0.15, -0.1) is 5.10 Å². The molecular formula is C15H25N5O2S. The lowest BCUT2D eigenvalue weighted by Gasteiger charge is -2.31. The van der Waals surface area contributed by atoms with E-state index in [1.54, 1.807) is 0 Å². The standard InChI is InChI=1S/C15H25N5O2S/c1-11(2)13(14(21)19-7-9-22-10-8-19)23-15-16-17-18-20(15)12-5-3-4-6-12/h11-13H,3-10H2,1-2H3/t13-/m0/s1. The highest BCUT2D eigenvalue weighted by atomic mass is 32.2. The van der Waals surface area contributed by atoms with Crippen LogP contribution in [0.25, 0.3) is 0 Å². The van der Waals surface area contributed by atoms with Crippen molar-refractivity contribution < 1.29 is 9.53 Å². The van der Waals surface area contributed by atoms with Gasteiger partial charge in [0.1, 0.15) is 0 Å². The summed E-state index contributed by atoms with van der Waals surface area (Å²) in [4.78, 5) is 14.8. The molecule has 0 radical (unpaired) electrons. The summed E-state index contributed by atoms with van der Waals surface area (Å²) in [5.41, 5.74) is 0. The highest BCUT2D eigenvalue weighted by Crippen LogP contribution is 2.34. The molecule has 1 aliphatic heterocycles. The van der Waals surface area contributed by atoms with E-state index in [2.05, 4.69) is 29.4 Å². The SMILES string of the molecule is CC(C)[C@H](Sc1nnnn1C1CCCC1)C(=O)N1CCOCC1. The number of amides is 1. The van der Waals surface area contributed by atoms with Crippen LogP contribution in [0.2, 0.25) is 0 Å². The molecule has 1 amide bonds. The lowest BCUT2D eigenvalue weighted by Crippen LogP contribution is -2.46. The molecule has 0 unspecified atom stereocenters. The Kier molecular flexibility index (Phi) is 5.53. The van der Waals surface area contributed by atoms with Gasteiger partial charge in [-0.3, -0.25) is 4.79 Å². The third kappa shape index (κ3) is 3.85. The molecule has 128 valence electrons. The number of carbonyl (C=O) groups is 1. The van der Waals surface area contributed by atoms with Gasteiger partial charge in [0, 0.05) is 13.1 Å². The van der Waals surface area contributed by atoms with Gasteiger partial charge < -0.3 is 9.64 Å². The van der Waals surface area contributed by atoms with Crippen molar-refractivity contribution in [1.82, 2.24) is 25.1 Å². The molecule has 2 aliphatic rings. The normalized spacial score (nSPS) is 21.1. The number of hydrogen-bond acceptors (Lipinski definition) is 6. The van der Waals surface area contributed by atoms with Gasteiger partial charge in [0.05, 0.1) is 24.5 Å². The number of morpholine rings is 1. The maximum atomic E-state index is 12.9. The molecule has 1 aromatic heterocycles. The summed E-state index contributed by atoms with van der Waals surface area (Å²) in [5, 5.41) is 12.8. The maximum absolute atomic E-state index is 12.9. The Hall–Kier alpha value is -1.15. The van der Waals surface area contributed by atoms with Gasteiger partial charge in [0.2, 0.25) is 11.1 Å². The highest BCUT2D eigenvalue weighted by molar-refractivity contribution is 8.00. The van der Waals surface area contributed by atoms with Crippen LogP contribution in [0.3, 0.4) is 0 Å². The van der Waals surface area contributed by atoms with Crippen LogP contribution in [-0.2, 0) is 9.53 Å². The first-order chi connectivity index (χ1) is 11.2. The van der Waals surface area contributed by atoms with Crippen molar-refractivity contribution in [3.05, 3.63) is 0 Å². The third-order valence-corrected chi connectivity index (χ3v) is 6.02. The first kappa shape index (κ1) is 16.7. The Morgan fingerprint density at radius 1 is 1.26 bits per heavy atom. The highest BCUT2D eigenvalue weighted by Gasteiger charge is 2.32. The van der Waals surface area contributed by atoms with Gasteiger partial charge in [-0.25, -0.2) is 4.68 Å². The summed E-state index contributed by atoms with van der Waals surface area (Å²) in [7, 11) is 0. The number of nitrogens with zero attached hydrogens (tertiary/aromatic N) is 5. The van der Waals surface area contributed by atoms with Gasteiger partial charge in [-0.05, 0) is 29.2 Å². The smallest absolute Gasteiger partial charge is 0.236 e. The van der Waals surface area contributed by atoms with Crippen molar-refractivity contribution in [2.75, 3.05) is 26.3 Å². The van der Waals surface area contributed by atoms with Gasteiger partial charge in [0.15, 0.2) is 0 Å². The Morgan fingerprint density at radius 2 is 1.96 bits per heavy atom. The summed E-state index contributed by atoms with van der Waals surface area (Å²) in [6.07, 6.45) is 4.72. The molecule has 2 heterocycles. The Bertz CT molecular complexity index is 524. The number of aromatic nitrogens is 4. The van der Waals surface area contributed by atoms with Crippen LogP contribution in [0.15, 0.2) is 5.16 Å². The third-order valence-electron chi connectivity index (χ3n) is 4.54. The van der Waals surface area contributed by atoms with E-state index in [0.717, 1.165) is 18.0 Å². The molecule has 1 aliphatic carbocycles.